The molecule has 15 heavy (non-hydrogen) atoms. The normalized spacial score (nSPS) is 11.9. The van der Waals surface area contributed by atoms with Gasteiger partial charge in [-0.25, -0.2) is 8.42 Å². The Hall–Kier alpha value is -0.330. The molecule has 1 aromatic heterocycles. The molecule has 1 rings (SSSR count). The molecule has 0 saturated carbocycles. The summed E-state index contributed by atoms with van der Waals surface area (Å²) in [6, 6.07) is 3.70. The molecule has 0 aromatic carbocycles. The second kappa shape index (κ2) is 5.67. The molecule has 1 heterocycles. The second-order valence-corrected chi connectivity index (χ2v) is 6.41. The zero-order valence-corrected chi connectivity index (χ0v) is 10.9. The maximum atomic E-state index is 10.8. The van der Waals surface area contributed by atoms with E-state index in [9.17, 15) is 8.42 Å². The minimum atomic E-state index is -2.84. The quantitative estimate of drug-likeness (QED) is 0.810. The first-order chi connectivity index (χ1) is 6.97. The Bertz CT molecular complexity index is 399. The summed E-state index contributed by atoms with van der Waals surface area (Å²) in [6.45, 7) is 1.29. The molecular weight excluding hydrogens is 282 g/mol. The summed E-state index contributed by atoms with van der Waals surface area (Å²) in [6.07, 6.45) is 1.87. The van der Waals surface area contributed by atoms with E-state index in [4.69, 9.17) is 4.42 Å². The number of rotatable bonds is 6. The van der Waals surface area contributed by atoms with Gasteiger partial charge in [-0.2, -0.15) is 0 Å². The van der Waals surface area contributed by atoms with Crippen LogP contribution in [0.5, 0.6) is 0 Å². The first-order valence-electron chi connectivity index (χ1n) is 4.60. The Labute approximate surface area is 98.1 Å². The van der Waals surface area contributed by atoms with Crippen LogP contribution in [-0.4, -0.2) is 27.0 Å². The molecular formula is C9H14BrNO3S. The third kappa shape index (κ3) is 5.96. The summed E-state index contributed by atoms with van der Waals surface area (Å²) in [5.41, 5.74) is 0. The molecule has 0 aliphatic heterocycles. The van der Waals surface area contributed by atoms with E-state index < -0.39 is 9.84 Å². The van der Waals surface area contributed by atoms with Crippen LogP contribution in [0.2, 0.25) is 0 Å². The Balaban J connectivity index is 2.12. The summed E-state index contributed by atoms with van der Waals surface area (Å²) in [7, 11) is -2.84. The summed E-state index contributed by atoms with van der Waals surface area (Å²) in [5.74, 6) is 1.06. The van der Waals surface area contributed by atoms with Crippen molar-refractivity contribution in [2.75, 3.05) is 18.6 Å². The predicted octanol–water partition coefficient (Wildman–Crippen LogP) is 1.57. The molecule has 0 spiro atoms. The van der Waals surface area contributed by atoms with Crippen molar-refractivity contribution in [1.82, 2.24) is 5.32 Å². The highest BCUT2D eigenvalue weighted by Crippen LogP contribution is 2.13. The highest BCUT2D eigenvalue weighted by Gasteiger charge is 2.02. The van der Waals surface area contributed by atoms with Gasteiger partial charge < -0.3 is 9.73 Å². The van der Waals surface area contributed by atoms with Crippen LogP contribution in [0, 0.1) is 0 Å². The van der Waals surface area contributed by atoms with Crippen LogP contribution in [0.1, 0.15) is 12.2 Å². The predicted molar refractivity (Wildman–Crippen MR) is 62.4 cm³/mol. The molecule has 6 heteroatoms. The van der Waals surface area contributed by atoms with Crippen LogP contribution in [0.4, 0.5) is 0 Å². The van der Waals surface area contributed by atoms with E-state index in [0.717, 1.165) is 5.76 Å². The maximum absolute atomic E-state index is 10.8. The molecule has 0 aliphatic rings. The van der Waals surface area contributed by atoms with Gasteiger partial charge in [-0.1, -0.05) is 0 Å². The molecule has 0 unspecified atom stereocenters. The van der Waals surface area contributed by atoms with Crippen molar-refractivity contribution in [3.63, 3.8) is 0 Å². The van der Waals surface area contributed by atoms with E-state index in [1.165, 1.54) is 6.26 Å². The number of halogens is 1. The minimum absolute atomic E-state index is 0.224. The molecule has 0 saturated heterocycles. The second-order valence-electron chi connectivity index (χ2n) is 3.37. The van der Waals surface area contributed by atoms with Gasteiger partial charge in [0, 0.05) is 6.26 Å². The van der Waals surface area contributed by atoms with E-state index >= 15 is 0 Å². The van der Waals surface area contributed by atoms with E-state index in [-0.39, 0.29) is 5.75 Å². The number of sulfone groups is 1. The summed E-state index contributed by atoms with van der Waals surface area (Å²) in [4.78, 5) is 0. The average molecular weight is 296 g/mol. The molecule has 0 amide bonds. The van der Waals surface area contributed by atoms with Crippen LogP contribution in [0.3, 0.4) is 0 Å². The van der Waals surface area contributed by atoms with Gasteiger partial charge in [0.25, 0.3) is 0 Å². The van der Waals surface area contributed by atoms with Gasteiger partial charge in [0.15, 0.2) is 4.67 Å². The maximum Gasteiger partial charge on any atom is 0.169 e. The van der Waals surface area contributed by atoms with Crippen molar-refractivity contribution in [2.24, 2.45) is 0 Å². The van der Waals surface area contributed by atoms with Gasteiger partial charge in [-0.3, -0.25) is 0 Å². The molecule has 0 aliphatic carbocycles. The van der Waals surface area contributed by atoms with Crippen LogP contribution < -0.4 is 5.32 Å². The molecule has 0 radical (unpaired) electrons. The zero-order chi connectivity index (χ0) is 11.3. The zero-order valence-electron chi connectivity index (χ0n) is 8.49. The lowest BCUT2D eigenvalue weighted by Crippen LogP contribution is -2.17. The summed E-state index contributed by atoms with van der Waals surface area (Å²) in [5, 5.41) is 3.11. The molecule has 1 N–H and O–H groups in total. The highest BCUT2D eigenvalue weighted by atomic mass is 79.9. The molecule has 0 bridgehead atoms. The van der Waals surface area contributed by atoms with Crippen molar-refractivity contribution < 1.29 is 12.8 Å². The van der Waals surface area contributed by atoms with Gasteiger partial charge in [-0.15, -0.1) is 0 Å². The first-order valence-corrected chi connectivity index (χ1v) is 7.45. The van der Waals surface area contributed by atoms with E-state index in [0.29, 0.717) is 24.2 Å². The number of furan rings is 1. The fraction of sp³-hybridized carbons (Fsp3) is 0.556. The van der Waals surface area contributed by atoms with Gasteiger partial charge in [0.2, 0.25) is 0 Å². The van der Waals surface area contributed by atoms with Gasteiger partial charge in [0.05, 0.1) is 12.3 Å². The standard InChI is InChI=1S/C9H14BrNO3S/c1-15(12,13)6-2-5-11-7-8-3-4-9(10)14-8/h3-4,11H,2,5-7H2,1H3. The van der Waals surface area contributed by atoms with Crippen molar-refractivity contribution in [3.05, 3.63) is 22.6 Å². The van der Waals surface area contributed by atoms with E-state index in [2.05, 4.69) is 21.2 Å². The number of nitrogens with one attached hydrogen (secondary N) is 1. The molecule has 0 fully saturated rings. The lowest BCUT2D eigenvalue weighted by molar-refractivity contribution is 0.465. The lowest BCUT2D eigenvalue weighted by Gasteiger charge is -2.01. The van der Waals surface area contributed by atoms with Gasteiger partial charge in [-0.05, 0) is 41.0 Å². The minimum Gasteiger partial charge on any atom is -0.453 e. The Kier molecular flexibility index (Phi) is 4.82. The number of hydrogen-bond donors (Lipinski definition) is 1. The molecule has 1 aromatic rings. The average Bonchev–Trinajstić information content (AvgIpc) is 2.49. The van der Waals surface area contributed by atoms with Crippen LogP contribution in [-0.2, 0) is 16.4 Å². The highest BCUT2D eigenvalue weighted by molar-refractivity contribution is 9.10. The smallest absolute Gasteiger partial charge is 0.169 e. The topological polar surface area (TPSA) is 59.3 Å². The molecule has 4 nitrogen and oxygen atoms in total. The van der Waals surface area contributed by atoms with Crippen molar-refractivity contribution >= 4 is 25.8 Å². The third-order valence-electron chi connectivity index (χ3n) is 1.80. The van der Waals surface area contributed by atoms with Crippen molar-refractivity contribution in [3.8, 4) is 0 Å². The largest absolute Gasteiger partial charge is 0.453 e. The number of hydrogen-bond acceptors (Lipinski definition) is 4. The SMILES string of the molecule is CS(=O)(=O)CCCNCc1ccc(Br)o1. The summed E-state index contributed by atoms with van der Waals surface area (Å²) < 4.78 is 27.6. The van der Waals surface area contributed by atoms with Crippen LogP contribution in [0.25, 0.3) is 0 Å². The third-order valence-corrected chi connectivity index (χ3v) is 3.25. The van der Waals surface area contributed by atoms with Crippen molar-refractivity contribution in [1.29, 1.82) is 0 Å². The Morgan fingerprint density at radius 3 is 2.73 bits per heavy atom. The van der Waals surface area contributed by atoms with Crippen molar-refractivity contribution in [2.45, 2.75) is 13.0 Å². The van der Waals surface area contributed by atoms with Crippen LogP contribution >= 0.6 is 15.9 Å². The fourth-order valence-electron chi connectivity index (χ4n) is 1.12. The Morgan fingerprint density at radius 1 is 1.47 bits per heavy atom. The summed E-state index contributed by atoms with van der Waals surface area (Å²) >= 11 is 3.21. The van der Waals surface area contributed by atoms with E-state index in [1.54, 1.807) is 0 Å². The fourth-order valence-corrected chi connectivity index (χ4v) is 2.13. The first kappa shape index (κ1) is 12.7. The van der Waals surface area contributed by atoms with Crippen LogP contribution in [0.15, 0.2) is 21.2 Å². The Morgan fingerprint density at radius 2 is 2.20 bits per heavy atom. The van der Waals surface area contributed by atoms with Gasteiger partial charge in [0.1, 0.15) is 15.6 Å². The lowest BCUT2D eigenvalue weighted by atomic mass is 10.4. The monoisotopic (exact) mass is 295 g/mol. The molecule has 0 atom stereocenters. The van der Waals surface area contributed by atoms with Gasteiger partial charge >= 0.3 is 0 Å². The molecule has 86 valence electrons. The van der Waals surface area contributed by atoms with E-state index in [1.807, 2.05) is 12.1 Å².